The Bertz CT molecular complexity index is 559. The summed E-state index contributed by atoms with van der Waals surface area (Å²) in [5, 5.41) is 8.97. The SMILES string of the molecule is Cc1cccc2nc(C(C)C(C)C(=O)O)oc12. The molecule has 90 valence electrons. The first-order valence-electron chi connectivity index (χ1n) is 5.59. The average Bonchev–Trinajstić information content (AvgIpc) is 2.72. The van der Waals surface area contributed by atoms with Crippen LogP contribution in [0.4, 0.5) is 0 Å². The van der Waals surface area contributed by atoms with Gasteiger partial charge in [-0.15, -0.1) is 0 Å². The lowest BCUT2D eigenvalue weighted by Gasteiger charge is -2.11. The molecule has 2 aromatic rings. The number of benzene rings is 1. The van der Waals surface area contributed by atoms with Crippen molar-refractivity contribution in [2.75, 3.05) is 0 Å². The van der Waals surface area contributed by atoms with Gasteiger partial charge in [0.05, 0.1) is 5.92 Å². The summed E-state index contributed by atoms with van der Waals surface area (Å²) in [6.45, 7) is 5.43. The molecule has 0 aliphatic heterocycles. The van der Waals surface area contributed by atoms with Gasteiger partial charge in [-0.25, -0.2) is 4.98 Å². The number of oxazole rings is 1. The van der Waals surface area contributed by atoms with Crippen molar-refractivity contribution >= 4 is 17.1 Å². The van der Waals surface area contributed by atoms with Gasteiger partial charge in [-0.1, -0.05) is 26.0 Å². The van der Waals surface area contributed by atoms with Gasteiger partial charge >= 0.3 is 5.97 Å². The van der Waals surface area contributed by atoms with Crippen molar-refractivity contribution in [2.24, 2.45) is 5.92 Å². The minimum absolute atomic E-state index is 0.237. The van der Waals surface area contributed by atoms with Crippen LogP contribution in [0.2, 0.25) is 0 Å². The number of hydrogen-bond donors (Lipinski definition) is 1. The summed E-state index contributed by atoms with van der Waals surface area (Å²) in [6.07, 6.45) is 0. The van der Waals surface area contributed by atoms with Gasteiger partial charge in [0.15, 0.2) is 11.5 Å². The minimum atomic E-state index is -0.837. The van der Waals surface area contributed by atoms with E-state index in [1.54, 1.807) is 6.92 Å². The molecular formula is C13H15NO3. The van der Waals surface area contributed by atoms with Gasteiger partial charge in [0.25, 0.3) is 0 Å². The molecule has 1 N–H and O–H groups in total. The van der Waals surface area contributed by atoms with E-state index in [9.17, 15) is 4.79 Å². The molecule has 0 aliphatic carbocycles. The van der Waals surface area contributed by atoms with E-state index in [4.69, 9.17) is 9.52 Å². The summed E-state index contributed by atoms with van der Waals surface area (Å²) in [6, 6.07) is 5.73. The van der Waals surface area contributed by atoms with Crippen molar-refractivity contribution in [1.82, 2.24) is 4.98 Å². The number of aryl methyl sites for hydroxylation is 1. The zero-order chi connectivity index (χ0) is 12.6. The maximum absolute atomic E-state index is 10.9. The molecule has 1 aromatic heterocycles. The lowest BCUT2D eigenvalue weighted by atomic mass is 9.96. The predicted octanol–water partition coefficient (Wildman–Crippen LogP) is 2.96. The lowest BCUT2D eigenvalue weighted by Crippen LogP contribution is -2.16. The lowest BCUT2D eigenvalue weighted by molar-refractivity contribution is -0.141. The molecule has 0 spiro atoms. The highest BCUT2D eigenvalue weighted by molar-refractivity contribution is 5.76. The quantitative estimate of drug-likeness (QED) is 0.885. The van der Waals surface area contributed by atoms with Crippen LogP contribution in [0, 0.1) is 12.8 Å². The zero-order valence-electron chi connectivity index (χ0n) is 10.1. The highest BCUT2D eigenvalue weighted by Crippen LogP contribution is 2.28. The van der Waals surface area contributed by atoms with Crippen LogP contribution < -0.4 is 0 Å². The van der Waals surface area contributed by atoms with Crippen LogP contribution in [0.3, 0.4) is 0 Å². The van der Waals surface area contributed by atoms with Gasteiger partial charge in [0.1, 0.15) is 5.52 Å². The van der Waals surface area contributed by atoms with Crippen LogP contribution in [0.5, 0.6) is 0 Å². The Balaban J connectivity index is 2.43. The molecule has 2 unspecified atom stereocenters. The van der Waals surface area contributed by atoms with Gasteiger partial charge in [-0.2, -0.15) is 0 Å². The molecule has 1 aromatic carbocycles. The van der Waals surface area contributed by atoms with E-state index >= 15 is 0 Å². The van der Waals surface area contributed by atoms with Crippen LogP contribution in [-0.2, 0) is 4.79 Å². The number of carboxylic acid groups (broad SMARTS) is 1. The topological polar surface area (TPSA) is 63.3 Å². The molecular weight excluding hydrogens is 218 g/mol. The van der Waals surface area contributed by atoms with Crippen molar-refractivity contribution in [3.05, 3.63) is 29.7 Å². The number of aliphatic carboxylic acids is 1. The molecule has 2 atom stereocenters. The fraction of sp³-hybridized carbons (Fsp3) is 0.385. The van der Waals surface area contributed by atoms with Crippen molar-refractivity contribution in [2.45, 2.75) is 26.7 Å². The van der Waals surface area contributed by atoms with Crippen LogP contribution in [0.25, 0.3) is 11.1 Å². The summed E-state index contributed by atoms with van der Waals surface area (Å²) >= 11 is 0. The zero-order valence-corrected chi connectivity index (χ0v) is 10.1. The van der Waals surface area contributed by atoms with E-state index in [0.29, 0.717) is 5.89 Å². The van der Waals surface area contributed by atoms with Gasteiger partial charge in [0, 0.05) is 5.92 Å². The number of aromatic nitrogens is 1. The maximum atomic E-state index is 10.9. The Kier molecular flexibility index (Phi) is 2.88. The summed E-state index contributed by atoms with van der Waals surface area (Å²) in [5.41, 5.74) is 2.54. The Morgan fingerprint density at radius 1 is 1.41 bits per heavy atom. The summed E-state index contributed by atoms with van der Waals surface area (Å²) in [5.74, 6) is -1.09. The molecule has 4 heteroatoms. The molecule has 0 fully saturated rings. The first-order chi connectivity index (χ1) is 8.00. The first kappa shape index (κ1) is 11.6. The largest absolute Gasteiger partial charge is 0.481 e. The third-order valence-corrected chi connectivity index (χ3v) is 3.16. The van der Waals surface area contributed by atoms with Crippen molar-refractivity contribution in [3.8, 4) is 0 Å². The predicted molar refractivity (Wildman–Crippen MR) is 64.0 cm³/mol. The third-order valence-electron chi connectivity index (χ3n) is 3.16. The number of rotatable bonds is 3. The van der Waals surface area contributed by atoms with E-state index < -0.39 is 11.9 Å². The van der Waals surface area contributed by atoms with Gasteiger partial charge in [0.2, 0.25) is 0 Å². The smallest absolute Gasteiger partial charge is 0.307 e. The Morgan fingerprint density at radius 2 is 2.12 bits per heavy atom. The fourth-order valence-corrected chi connectivity index (χ4v) is 1.73. The van der Waals surface area contributed by atoms with Gasteiger partial charge < -0.3 is 9.52 Å². The second-order valence-corrected chi connectivity index (χ2v) is 4.39. The average molecular weight is 233 g/mol. The maximum Gasteiger partial charge on any atom is 0.307 e. The molecule has 0 aliphatic rings. The number of nitrogens with zero attached hydrogens (tertiary/aromatic N) is 1. The fourth-order valence-electron chi connectivity index (χ4n) is 1.73. The van der Waals surface area contributed by atoms with Crippen LogP contribution in [0.1, 0.15) is 31.2 Å². The Labute approximate surface area is 99.3 Å². The second-order valence-electron chi connectivity index (χ2n) is 4.39. The Morgan fingerprint density at radius 3 is 2.71 bits per heavy atom. The Hall–Kier alpha value is -1.84. The summed E-state index contributed by atoms with van der Waals surface area (Å²) in [4.78, 5) is 15.3. The molecule has 0 radical (unpaired) electrons. The van der Waals surface area contributed by atoms with Gasteiger partial charge in [-0.3, -0.25) is 4.79 Å². The minimum Gasteiger partial charge on any atom is -0.481 e. The number of fused-ring (bicyclic) bond motifs is 1. The van der Waals surface area contributed by atoms with E-state index in [0.717, 1.165) is 16.7 Å². The molecule has 0 bridgehead atoms. The first-order valence-corrected chi connectivity index (χ1v) is 5.59. The molecule has 0 amide bonds. The molecule has 0 saturated carbocycles. The van der Waals surface area contributed by atoms with E-state index in [2.05, 4.69) is 4.98 Å². The molecule has 4 nitrogen and oxygen atoms in total. The van der Waals surface area contributed by atoms with E-state index in [1.807, 2.05) is 32.0 Å². The third kappa shape index (κ3) is 2.02. The summed E-state index contributed by atoms with van der Waals surface area (Å²) in [7, 11) is 0. The van der Waals surface area contributed by atoms with Gasteiger partial charge in [-0.05, 0) is 18.6 Å². The highest BCUT2D eigenvalue weighted by atomic mass is 16.4. The molecule has 17 heavy (non-hydrogen) atoms. The van der Waals surface area contributed by atoms with Crippen molar-refractivity contribution in [3.63, 3.8) is 0 Å². The standard InChI is InChI=1S/C13H15NO3/c1-7-5-4-6-10-11(7)17-12(14-10)8(2)9(3)13(15)16/h4-6,8-9H,1-3H3,(H,15,16). The monoisotopic (exact) mass is 233 g/mol. The van der Waals surface area contributed by atoms with E-state index in [1.165, 1.54) is 0 Å². The van der Waals surface area contributed by atoms with Crippen molar-refractivity contribution < 1.29 is 14.3 Å². The van der Waals surface area contributed by atoms with Crippen LogP contribution in [-0.4, -0.2) is 16.1 Å². The van der Waals surface area contributed by atoms with Crippen LogP contribution >= 0.6 is 0 Å². The number of para-hydroxylation sites is 1. The number of carbonyl (C=O) groups is 1. The molecule has 2 rings (SSSR count). The second kappa shape index (κ2) is 4.20. The van der Waals surface area contributed by atoms with Crippen molar-refractivity contribution in [1.29, 1.82) is 0 Å². The normalized spacial score (nSPS) is 14.8. The number of carboxylic acids is 1. The van der Waals surface area contributed by atoms with E-state index in [-0.39, 0.29) is 5.92 Å². The molecule has 0 saturated heterocycles. The number of hydrogen-bond acceptors (Lipinski definition) is 3. The van der Waals surface area contributed by atoms with Crippen LogP contribution in [0.15, 0.2) is 22.6 Å². The summed E-state index contributed by atoms with van der Waals surface area (Å²) < 4.78 is 5.66. The highest BCUT2D eigenvalue weighted by Gasteiger charge is 2.25. The molecule has 1 heterocycles.